The van der Waals surface area contributed by atoms with Crippen molar-refractivity contribution in [3.63, 3.8) is 0 Å². The molecule has 4 heterocycles. The molecule has 2 aliphatic rings. The molecule has 2 saturated heterocycles. The maximum Gasteiger partial charge on any atom is 1.00 e. The van der Waals surface area contributed by atoms with Gasteiger partial charge in [0.05, 0.1) is 11.9 Å². The number of carboxylic acid groups (broad SMARTS) is 2. The number of H-pyrrole nitrogens is 2. The van der Waals surface area contributed by atoms with Gasteiger partial charge in [-0.3, -0.25) is 28.7 Å². The van der Waals surface area contributed by atoms with Crippen LogP contribution in [0, 0.1) is 0 Å². The summed E-state index contributed by atoms with van der Waals surface area (Å²) in [5, 5.41) is 78.5. The van der Waals surface area contributed by atoms with Gasteiger partial charge in [0.2, 0.25) is 0 Å². The summed E-state index contributed by atoms with van der Waals surface area (Å²) in [5.41, 5.74) is -3.19. The molecule has 0 saturated carbocycles. The minimum atomic E-state index is -2.18. The van der Waals surface area contributed by atoms with E-state index in [2.05, 4.69) is 0 Å². The molecule has 22 heteroatoms. The van der Waals surface area contributed by atoms with Gasteiger partial charge < -0.3 is 59.9 Å². The Balaban J connectivity index is 0.000000401. The van der Waals surface area contributed by atoms with Gasteiger partial charge in [0.25, 0.3) is 11.1 Å². The first-order chi connectivity index (χ1) is 18.6. The number of hydrogen-bond acceptors (Lipinski definition) is 16. The van der Waals surface area contributed by atoms with Crippen molar-refractivity contribution >= 4 is 11.9 Å². The molecule has 2 aromatic rings. The molecule has 2 unspecified atom stereocenters. The second-order valence-corrected chi connectivity index (χ2v) is 8.51. The first-order valence-corrected chi connectivity index (χ1v) is 11.1. The molecule has 42 heavy (non-hydrogen) atoms. The number of carboxylic acids is 2. The standard InChI is InChI=1S/2C10H12N2O8.2Na/c2*13-3-1-2-12(10(19)11-3)8-5(15)4(14)7(20-8)6(16)9(17)18;;/h2*1-2,4-8,14-16H,(H,17,18)(H,11,13,19);;/q;;2*+1/p-2/t2*4-,5+,6?,7-,8+;;/m00../s1. The summed E-state index contributed by atoms with van der Waals surface area (Å²) in [5.74, 6) is -3.79. The first-order valence-electron chi connectivity index (χ1n) is 11.1. The van der Waals surface area contributed by atoms with E-state index in [1.807, 2.05) is 9.97 Å². The molecule has 20 nitrogen and oxygen atoms in total. The Labute approximate surface area is 276 Å². The molecule has 0 bridgehead atoms. The minimum Gasteiger partial charge on any atom is -0.547 e. The number of nitrogens with zero attached hydrogens (tertiary/aromatic N) is 2. The smallest absolute Gasteiger partial charge is 0.547 e. The predicted molar refractivity (Wildman–Crippen MR) is 117 cm³/mol. The maximum atomic E-state index is 11.5. The molecule has 4 rings (SSSR count). The summed E-state index contributed by atoms with van der Waals surface area (Å²) in [7, 11) is 0. The maximum absolute atomic E-state index is 11.5. The largest absolute Gasteiger partial charge is 1.00 e. The Bertz CT molecular complexity index is 1370. The van der Waals surface area contributed by atoms with Crippen LogP contribution in [0.25, 0.3) is 0 Å². The van der Waals surface area contributed by atoms with Gasteiger partial charge in [-0.1, -0.05) is 0 Å². The summed E-state index contributed by atoms with van der Waals surface area (Å²) < 4.78 is 11.5. The fraction of sp³-hybridized carbons (Fsp3) is 0.500. The van der Waals surface area contributed by atoms with E-state index >= 15 is 0 Å². The van der Waals surface area contributed by atoms with Crippen molar-refractivity contribution in [1.29, 1.82) is 0 Å². The van der Waals surface area contributed by atoms with Crippen molar-refractivity contribution in [2.45, 2.75) is 61.3 Å². The first kappa shape index (κ1) is 38.0. The van der Waals surface area contributed by atoms with E-state index in [1.54, 1.807) is 0 Å². The molecule has 2 aliphatic heterocycles. The molecule has 8 N–H and O–H groups in total. The minimum absolute atomic E-state index is 0. The molecule has 0 spiro atoms. The van der Waals surface area contributed by atoms with Crippen LogP contribution in [-0.2, 0) is 19.1 Å². The fourth-order valence-electron chi connectivity index (χ4n) is 3.88. The normalized spacial score (nSPS) is 29.7. The Morgan fingerprint density at radius 1 is 0.690 bits per heavy atom. The topological polar surface area (TPSA) is 330 Å². The molecule has 0 amide bonds. The number of rotatable bonds is 6. The summed E-state index contributed by atoms with van der Waals surface area (Å²) in [6.45, 7) is 0. The zero-order chi connectivity index (χ0) is 30.0. The van der Waals surface area contributed by atoms with Crippen LogP contribution < -0.4 is 91.8 Å². The number of nitrogens with one attached hydrogen (secondary N) is 2. The van der Waals surface area contributed by atoms with E-state index in [4.69, 9.17) is 9.47 Å². The van der Waals surface area contributed by atoms with E-state index in [0.29, 0.717) is 0 Å². The SMILES string of the molecule is O=C([O-])C(O)[C@H]1O[C@@H](n2ccc(=O)[nH]c2=O)[C@H](O)[C@@H]1O.O=C([O-])C(O)[C@H]1O[C@@H](n2ccc(=O)[nH]c2=O)[C@H](O)[C@@H]1O.[Na+].[Na+]. The van der Waals surface area contributed by atoms with Gasteiger partial charge in [-0.15, -0.1) is 0 Å². The van der Waals surface area contributed by atoms with E-state index in [1.165, 1.54) is 0 Å². The Kier molecular flexibility index (Phi) is 14.1. The number of aliphatic hydroxyl groups excluding tert-OH is 6. The van der Waals surface area contributed by atoms with E-state index in [0.717, 1.165) is 33.7 Å². The third-order valence-electron chi connectivity index (χ3n) is 5.91. The zero-order valence-corrected chi connectivity index (χ0v) is 25.7. The summed E-state index contributed by atoms with van der Waals surface area (Å²) >= 11 is 0. The van der Waals surface area contributed by atoms with E-state index < -0.39 is 95.7 Å². The number of ether oxygens (including phenoxy) is 2. The van der Waals surface area contributed by atoms with Crippen LogP contribution in [0.1, 0.15) is 12.5 Å². The molecule has 0 aliphatic carbocycles. The zero-order valence-electron chi connectivity index (χ0n) is 21.7. The molecule has 0 radical (unpaired) electrons. The van der Waals surface area contributed by atoms with Crippen molar-refractivity contribution in [3.8, 4) is 0 Å². The van der Waals surface area contributed by atoms with Crippen molar-refractivity contribution in [3.05, 3.63) is 66.2 Å². The fourth-order valence-corrected chi connectivity index (χ4v) is 3.88. The monoisotopic (exact) mass is 620 g/mol. The predicted octanol–water partition coefficient (Wildman–Crippen LogP) is -15.5. The number of hydrogen-bond donors (Lipinski definition) is 8. The summed E-state index contributed by atoms with van der Waals surface area (Å²) in [6, 6.07) is 1.96. The third-order valence-corrected chi connectivity index (χ3v) is 5.91. The van der Waals surface area contributed by atoms with Crippen LogP contribution in [0.15, 0.2) is 43.7 Å². The van der Waals surface area contributed by atoms with Gasteiger partial charge in [0, 0.05) is 24.5 Å². The van der Waals surface area contributed by atoms with Crippen LogP contribution in [0.4, 0.5) is 0 Å². The number of aromatic nitrogens is 4. The van der Waals surface area contributed by atoms with Crippen molar-refractivity contribution in [2.75, 3.05) is 0 Å². The number of aliphatic carboxylic acids is 2. The van der Waals surface area contributed by atoms with Gasteiger partial charge in [-0.2, -0.15) is 0 Å². The van der Waals surface area contributed by atoms with Crippen LogP contribution >= 0.6 is 0 Å². The second-order valence-electron chi connectivity index (χ2n) is 8.51. The molecular weight excluding hydrogens is 598 g/mol. The van der Waals surface area contributed by atoms with Crippen LogP contribution in [0.3, 0.4) is 0 Å². The number of carbonyl (C=O) groups is 2. The Morgan fingerprint density at radius 3 is 1.26 bits per heavy atom. The van der Waals surface area contributed by atoms with Gasteiger partial charge in [-0.25, -0.2) is 9.59 Å². The quantitative estimate of drug-likeness (QED) is 0.139. The molecule has 220 valence electrons. The van der Waals surface area contributed by atoms with Gasteiger partial charge in [0.1, 0.15) is 48.8 Å². The third kappa shape index (κ3) is 8.12. The molecular formula is C20H22N4Na2O16. The van der Waals surface area contributed by atoms with Crippen LogP contribution in [0.5, 0.6) is 0 Å². The Morgan fingerprint density at radius 2 is 1.00 bits per heavy atom. The average molecular weight is 620 g/mol. The number of aliphatic hydroxyl groups is 6. The van der Waals surface area contributed by atoms with Crippen LogP contribution in [0.2, 0.25) is 0 Å². The molecule has 0 aromatic carbocycles. The second kappa shape index (κ2) is 15.6. The van der Waals surface area contributed by atoms with E-state index in [-0.39, 0.29) is 59.1 Å². The van der Waals surface area contributed by atoms with Gasteiger partial charge >= 0.3 is 70.5 Å². The summed E-state index contributed by atoms with van der Waals surface area (Å²) in [4.78, 5) is 69.8. The van der Waals surface area contributed by atoms with Crippen molar-refractivity contribution < 1.29 is 119 Å². The number of carbonyl (C=O) groups excluding carboxylic acids is 2. The molecule has 2 fully saturated rings. The molecule has 10 atom stereocenters. The number of aromatic amines is 2. The van der Waals surface area contributed by atoms with Gasteiger partial charge in [-0.05, 0) is 0 Å². The van der Waals surface area contributed by atoms with Crippen molar-refractivity contribution in [1.82, 2.24) is 19.1 Å². The van der Waals surface area contributed by atoms with Crippen LogP contribution in [-0.4, -0.2) is 111 Å². The van der Waals surface area contributed by atoms with Gasteiger partial charge in [0.15, 0.2) is 12.5 Å². The summed E-state index contributed by atoms with van der Waals surface area (Å²) in [6.07, 6.45) is -15.4. The molecule has 2 aromatic heterocycles. The van der Waals surface area contributed by atoms with Crippen molar-refractivity contribution in [2.24, 2.45) is 0 Å². The Hall–Kier alpha value is -2.02. The van der Waals surface area contributed by atoms with E-state index in [9.17, 15) is 69.6 Å². The average Bonchev–Trinajstić information content (AvgIpc) is 3.34.